The molecule has 0 radical (unpaired) electrons. The van der Waals surface area contributed by atoms with Crippen molar-refractivity contribution in [3.05, 3.63) is 54.0 Å². The number of hydrogen-bond acceptors (Lipinski definition) is 7. The van der Waals surface area contributed by atoms with Gasteiger partial charge >= 0.3 is 12.1 Å². The summed E-state index contributed by atoms with van der Waals surface area (Å²) in [6.07, 6.45) is -4.24. The van der Waals surface area contributed by atoms with E-state index in [1.54, 1.807) is 17.4 Å². The molecule has 2 N–H and O–H groups in total. The second kappa shape index (κ2) is 11.0. The minimum Gasteiger partial charge on any atom is -0.472 e. The van der Waals surface area contributed by atoms with Gasteiger partial charge in [-0.15, -0.1) is 0 Å². The van der Waals surface area contributed by atoms with Gasteiger partial charge in [-0.2, -0.15) is 18.4 Å². The molecule has 216 valence electrons. The lowest BCUT2D eigenvalue weighted by atomic mass is 9.97. The molecule has 1 aromatic heterocycles. The summed E-state index contributed by atoms with van der Waals surface area (Å²) >= 11 is 0. The molecule has 15 heteroatoms. The van der Waals surface area contributed by atoms with Crippen LogP contribution in [-0.4, -0.2) is 81.9 Å². The van der Waals surface area contributed by atoms with Gasteiger partial charge in [0.1, 0.15) is 23.9 Å². The van der Waals surface area contributed by atoms with E-state index >= 15 is 0 Å². The standard InChI is InChI=1S/C26H24F4N6O5/c1-14(33-24(40)26(28,29)30)21(37)35(2)18(10-15-5-7-16(27)8-6-15)22(38)36-13-25(11-17(36)12-31)23(39)34-20-19(41-25)4-3-9-32-20/h3-9,14,17-18H,10-11,13H2,1-2H3,(H,33,40)(H,32,34,39)/t14-,17-,18-,25+/m0/s1. The number of nitriles is 1. The summed E-state index contributed by atoms with van der Waals surface area (Å²) in [6.45, 7) is 0.642. The molecule has 1 fully saturated rings. The van der Waals surface area contributed by atoms with Crippen LogP contribution >= 0.6 is 0 Å². The zero-order valence-corrected chi connectivity index (χ0v) is 21.7. The Kier molecular flexibility index (Phi) is 7.87. The van der Waals surface area contributed by atoms with Crippen molar-refractivity contribution in [2.75, 3.05) is 18.9 Å². The molecule has 4 rings (SSSR count). The maximum atomic E-state index is 14.0. The van der Waals surface area contributed by atoms with Crippen LogP contribution in [0.2, 0.25) is 0 Å². The summed E-state index contributed by atoms with van der Waals surface area (Å²) in [6, 6.07) is 5.79. The minimum absolute atomic E-state index is 0.163. The van der Waals surface area contributed by atoms with Crippen LogP contribution < -0.4 is 15.4 Å². The Balaban J connectivity index is 1.63. The lowest BCUT2D eigenvalue weighted by molar-refractivity contribution is -0.175. The molecule has 3 heterocycles. The van der Waals surface area contributed by atoms with E-state index in [1.165, 1.54) is 18.3 Å². The Labute approximate surface area is 231 Å². The van der Waals surface area contributed by atoms with Crippen LogP contribution in [0.1, 0.15) is 18.9 Å². The zero-order chi connectivity index (χ0) is 30.1. The van der Waals surface area contributed by atoms with E-state index < -0.39 is 59.3 Å². The van der Waals surface area contributed by atoms with Crippen molar-refractivity contribution in [2.45, 2.75) is 49.7 Å². The third-order valence-electron chi connectivity index (χ3n) is 6.90. The average Bonchev–Trinajstić information content (AvgIpc) is 3.31. The minimum atomic E-state index is -5.24. The molecule has 0 bridgehead atoms. The summed E-state index contributed by atoms with van der Waals surface area (Å²) in [5.74, 6) is -4.99. The highest BCUT2D eigenvalue weighted by Crippen LogP contribution is 2.39. The summed E-state index contributed by atoms with van der Waals surface area (Å²) in [4.78, 5) is 57.5. The molecule has 1 aromatic carbocycles. The van der Waals surface area contributed by atoms with E-state index in [2.05, 4.69) is 10.3 Å². The molecule has 0 unspecified atom stereocenters. The number of amides is 4. The number of nitrogens with one attached hydrogen (secondary N) is 2. The second-order valence-corrected chi connectivity index (χ2v) is 9.70. The third-order valence-corrected chi connectivity index (χ3v) is 6.90. The number of pyridine rings is 1. The molecule has 41 heavy (non-hydrogen) atoms. The van der Waals surface area contributed by atoms with Crippen molar-refractivity contribution in [3.8, 4) is 11.8 Å². The number of likely N-dealkylation sites (N-methyl/N-ethyl adjacent to an activating group) is 1. The van der Waals surface area contributed by atoms with Gasteiger partial charge in [-0.3, -0.25) is 19.2 Å². The fourth-order valence-electron chi connectivity index (χ4n) is 4.73. The molecule has 11 nitrogen and oxygen atoms in total. The number of anilines is 1. The van der Waals surface area contributed by atoms with Crippen LogP contribution in [0.25, 0.3) is 0 Å². The van der Waals surface area contributed by atoms with Crippen molar-refractivity contribution < 1.29 is 41.5 Å². The number of carbonyl (C=O) groups is 4. The predicted octanol–water partition coefficient (Wildman–Crippen LogP) is 1.55. The van der Waals surface area contributed by atoms with Crippen LogP contribution in [-0.2, 0) is 25.6 Å². The lowest BCUT2D eigenvalue weighted by Crippen LogP contribution is -2.58. The predicted molar refractivity (Wildman–Crippen MR) is 132 cm³/mol. The summed E-state index contributed by atoms with van der Waals surface area (Å²) in [5.41, 5.74) is -1.26. The number of likely N-dealkylation sites (tertiary alicyclic amines) is 1. The molecule has 4 atom stereocenters. The molecule has 2 aliphatic heterocycles. The van der Waals surface area contributed by atoms with Crippen LogP contribution in [0.3, 0.4) is 0 Å². The SMILES string of the molecule is C[C@H](NC(=O)C(F)(F)F)C(=O)N(C)[C@@H](Cc1ccc(F)cc1)C(=O)N1C[C@@]2(C[C@H]1C#N)Oc1cccnc1NC2=O. The van der Waals surface area contributed by atoms with E-state index in [0.717, 1.165) is 35.9 Å². The molecular weight excluding hydrogens is 552 g/mol. The van der Waals surface area contributed by atoms with Gasteiger partial charge in [-0.05, 0) is 36.8 Å². The molecule has 2 aromatic rings. The molecule has 2 aliphatic rings. The first kappa shape index (κ1) is 29.2. The monoisotopic (exact) mass is 576 g/mol. The number of ether oxygens (including phenoxy) is 1. The van der Waals surface area contributed by atoms with Gasteiger partial charge in [0.2, 0.25) is 17.4 Å². The number of benzene rings is 1. The van der Waals surface area contributed by atoms with Gasteiger partial charge in [0.05, 0.1) is 12.6 Å². The zero-order valence-electron chi connectivity index (χ0n) is 21.7. The average molecular weight is 577 g/mol. The number of hydrogen-bond donors (Lipinski definition) is 2. The van der Waals surface area contributed by atoms with Crippen molar-refractivity contribution in [1.29, 1.82) is 5.26 Å². The van der Waals surface area contributed by atoms with Crippen molar-refractivity contribution >= 4 is 29.4 Å². The summed E-state index contributed by atoms with van der Waals surface area (Å²) in [7, 11) is 1.16. The summed E-state index contributed by atoms with van der Waals surface area (Å²) < 4.78 is 57.7. The fraction of sp³-hybridized carbons (Fsp3) is 0.385. The number of nitrogens with zero attached hydrogens (tertiary/aromatic N) is 4. The molecular formula is C26H24F4N6O5. The Morgan fingerprint density at radius 1 is 1.29 bits per heavy atom. The summed E-state index contributed by atoms with van der Waals surface area (Å²) in [5, 5.41) is 14.0. The number of rotatable bonds is 6. The second-order valence-electron chi connectivity index (χ2n) is 9.70. The number of alkyl halides is 3. The van der Waals surface area contributed by atoms with E-state index in [9.17, 15) is 42.0 Å². The first-order chi connectivity index (χ1) is 19.3. The Bertz CT molecular complexity index is 1410. The highest BCUT2D eigenvalue weighted by molar-refractivity contribution is 6.01. The van der Waals surface area contributed by atoms with Crippen molar-refractivity contribution in [3.63, 3.8) is 0 Å². The third kappa shape index (κ3) is 5.91. The molecule has 0 aliphatic carbocycles. The normalized spacial score (nSPS) is 21.1. The van der Waals surface area contributed by atoms with E-state index in [4.69, 9.17) is 4.74 Å². The molecule has 4 amide bonds. The lowest BCUT2D eigenvalue weighted by Gasteiger charge is -2.35. The number of fused-ring (bicyclic) bond motifs is 1. The van der Waals surface area contributed by atoms with Crippen LogP contribution in [0.5, 0.6) is 5.75 Å². The van der Waals surface area contributed by atoms with E-state index in [-0.39, 0.29) is 31.0 Å². The van der Waals surface area contributed by atoms with Crippen LogP contribution in [0, 0.1) is 17.1 Å². The number of carbonyl (C=O) groups excluding carboxylic acids is 4. The van der Waals surface area contributed by atoms with Crippen LogP contribution in [0.15, 0.2) is 42.6 Å². The smallest absolute Gasteiger partial charge is 0.471 e. The molecule has 1 spiro atoms. The van der Waals surface area contributed by atoms with Gasteiger partial charge < -0.3 is 25.2 Å². The van der Waals surface area contributed by atoms with E-state index in [0.29, 0.717) is 5.56 Å². The molecule has 0 saturated carbocycles. The Hall–Kier alpha value is -4.74. The first-order valence-corrected chi connectivity index (χ1v) is 12.3. The van der Waals surface area contributed by atoms with Gasteiger partial charge in [-0.1, -0.05) is 12.1 Å². The first-order valence-electron chi connectivity index (χ1n) is 12.3. The van der Waals surface area contributed by atoms with Gasteiger partial charge in [0, 0.05) is 26.1 Å². The van der Waals surface area contributed by atoms with Crippen LogP contribution in [0.4, 0.5) is 23.4 Å². The van der Waals surface area contributed by atoms with Gasteiger partial charge in [0.15, 0.2) is 11.6 Å². The highest BCUT2D eigenvalue weighted by Gasteiger charge is 2.56. The quantitative estimate of drug-likeness (QED) is 0.497. The number of halogens is 4. The van der Waals surface area contributed by atoms with E-state index in [1.807, 2.05) is 6.07 Å². The molecule has 1 saturated heterocycles. The van der Waals surface area contributed by atoms with Gasteiger partial charge in [-0.25, -0.2) is 9.37 Å². The van der Waals surface area contributed by atoms with Gasteiger partial charge in [0.25, 0.3) is 5.91 Å². The topological polar surface area (TPSA) is 145 Å². The Morgan fingerprint density at radius 2 is 1.98 bits per heavy atom. The fourth-order valence-corrected chi connectivity index (χ4v) is 4.73. The number of aromatic nitrogens is 1. The highest BCUT2D eigenvalue weighted by atomic mass is 19.4. The maximum Gasteiger partial charge on any atom is 0.471 e. The van der Waals surface area contributed by atoms with Crippen molar-refractivity contribution in [1.82, 2.24) is 20.1 Å². The maximum absolute atomic E-state index is 14.0. The Morgan fingerprint density at radius 3 is 2.61 bits per heavy atom. The van der Waals surface area contributed by atoms with Crippen molar-refractivity contribution in [2.24, 2.45) is 0 Å². The largest absolute Gasteiger partial charge is 0.472 e.